The van der Waals surface area contributed by atoms with Crippen molar-refractivity contribution in [2.45, 2.75) is 38.7 Å². The Morgan fingerprint density at radius 3 is 2.79 bits per heavy atom. The Bertz CT molecular complexity index is 794. The number of hydrogen-bond donors (Lipinski definition) is 3. The fourth-order valence-electron chi connectivity index (χ4n) is 3.93. The molecular formula is C18H22N2O4. The smallest absolute Gasteiger partial charge is 0.160 e. The van der Waals surface area contributed by atoms with E-state index < -0.39 is 11.5 Å². The summed E-state index contributed by atoms with van der Waals surface area (Å²) in [6, 6.07) is 5.02. The van der Waals surface area contributed by atoms with Crippen LogP contribution in [-0.2, 0) is 11.2 Å². The number of hydrogen-bond acceptors (Lipinski definition) is 5. The van der Waals surface area contributed by atoms with Crippen molar-refractivity contribution in [3.8, 4) is 11.5 Å². The number of nitrogens with one attached hydrogen (secondary N) is 1. The Morgan fingerprint density at radius 2 is 2.17 bits per heavy atom. The zero-order valence-electron chi connectivity index (χ0n) is 14.3. The van der Waals surface area contributed by atoms with Crippen molar-refractivity contribution in [3.63, 3.8) is 0 Å². The summed E-state index contributed by atoms with van der Waals surface area (Å²) >= 11 is 0. The molecule has 3 N–H and O–H groups in total. The highest BCUT2D eigenvalue weighted by molar-refractivity contribution is 5.82. The predicted molar refractivity (Wildman–Crippen MR) is 88.3 cm³/mol. The lowest BCUT2D eigenvalue weighted by atomic mass is 9.64. The minimum atomic E-state index is -1.20. The first-order valence-corrected chi connectivity index (χ1v) is 7.89. The summed E-state index contributed by atoms with van der Waals surface area (Å²) in [4.78, 5) is 12.4. The van der Waals surface area contributed by atoms with Gasteiger partial charge in [-0.05, 0) is 38.5 Å². The second-order valence-electron chi connectivity index (χ2n) is 6.74. The molecule has 2 aromatic rings. The van der Waals surface area contributed by atoms with Gasteiger partial charge in [0.2, 0.25) is 0 Å². The Balaban J connectivity index is 2.24. The van der Waals surface area contributed by atoms with Gasteiger partial charge in [-0.25, -0.2) is 0 Å². The Labute approximate surface area is 140 Å². The van der Waals surface area contributed by atoms with Crippen molar-refractivity contribution in [2.24, 2.45) is 5.92 Å². The first kappa shape index (κ1) is 16.5. The molecule has 3 atom stereocenters. The number of phenols is 1. The van der Waals surface area contributed by atoms with Gasteiger partial charge in [-0.2, -0.15) is 5.10 Å². The standard InChI is InChI=1S/C18H22N2O4/c1-9-15-12(20-19-9)8-18(3,23)17(10(2)21)16(15)11-5-6-13(22)14(7-11)24-4/h5-7,16-17,22-23H,8H2,1-4H3,(H,19,20)/t16-,17-,18-/m0/s1. The molecule has 0 fully saturated rings. The number of aromatic nitrogens is 2. The van der Waals surface area contributed by atoms with Crippen molar-refractivity contribution in [3.05, 3.63) is 40.7 Å². The van der Waals surface area contributed by atoms with Gasteiger partial charge in [0.15, 0.2) is 11.5 Å². The van der Waals surface area contributed by atoms with Gasteiger partial charge in [-0.15, -0.1) is 0 Å². The minimum absolute atomic E-state index is 0.0346. The zero-order valence-corrected chi connectivity index (χ0v) is 14.3. The number of aliphatic hydroxyl groups is 1. The number of aromatic hydroxyl groups is 1. The molecule has 0 bridgehead atoms. The first-order valence-electron chi connectivity index (χ1n) is 7.89. The Morgan fingerprint density at radius 1 is 1.46 bits per heavy atom. The van der Waals surface area contributed by atoms with Crippen molar-refractivity contribution in [2.75, 3.05) is 7.11 Å². The van der Waals surface area contributed by atoms with Gasteiger partial charge in [0.25, 0.3) is 0 Å². The number of methoxy groups -OCH3 is 1. The fraction of sp³-hybridized carbons (Fsp3) is 0.444. The molecule has 0 radical (unpaired) electrons. The average molecular weight is 330 g/mol. The second kappa shape index (κ2) is 5.63. The van der Waals surface area contributed by atoms with Gasteiger partial charge < -0.3 is 14.9 Å². The van der Waals surface area contributed by atoms with Crippen molar-refractivity contribution in [1.82, 2.24) is 10.2 Å². The van der Waals surface area contributed by atoms with E-state index in [1.165, 1.54) is 14.0 Å². The maximum absolute atomic E-state index is 12.4. The maximum atomic E-state index is 12.4. The number of benzene rings is 1. The molecule has 128 valence electrons. The molecule has 1 aromatic heterocycles. The summed E-state index contributed by atoms with van der Waals surface area (Å²) in [5, 5.41) is 28.0. The quantitative estimate of drug-likeness (QED) is 0.801. The summed E-state index contributed by atoms with van der Waals surface area (Å²) in [5.74, 6) is -0.664. The summed E-state index contributed by atoms with van der Waals surface area (Å²) in [6.07, 6.45) is 0.322. The van der Waals surface area contributed by atoms with E-state index in [0.29, 0.717) is 12.2 Å². The molecule has 0 spiro atoms. The summed E-state index contributed by atoms with van der Waals surface area (Å²) in [7, 11) is 1.48. The molecule has 6 nitrogen and oxygen atoms in total. The van der Waals surface area contributed by atoms with Crippen LogP contribution in [0, 0.1) is 12.8 Å². The number of phenolic OH excluding ortho intramolecular Hbond substituents is 1. The average Bonchev–Trinajstić information content (AvgIpc) is 2.85. The third-order valence-corrected chi connectivity index (χ3v) is 4.91. The molecule has 24 heavy (non-hydrogen) atoms. The number of carbonyl (C=O) groups excluding carboxylic acids is 1. The van der Waals surface area contributed by atoms with E-state index in [0.717, 1.165) is 22.5 Å². The Kier molecular flexibility index (Phi) is 3.87. The predicted octanol–water partition coefficient (Wildman–Crippen LogP) is 2.08. The van der Waals surface area contributed by atoms with Crippen LogP contribution in [0.3, 0.4) is 0 Å². The van der Waals surface area contributed by atoms with E-state index in [1.54, 1.807) is 25.1 Å². The van der Waals surface area contributed by atoms with Gasteiger partial charge in [0.1, 0.15) is 5.78 Å². The minimum Gasteiger partial charge on any atom is -0.504 e. The molecule has 1 aliphatic rings. The lowest BCUT2D eigenvalue weighted by molar-refractivity contribution is -0.130. The number of ketones is 1. The monoisotopic (exact) mass is 330 g/mol. The fourth-order valence-corrected chi connectivity index (χ4v) is 3.93. The molecule has 6 heteroatoms. The highest BCUT2D eigenvalue weighted by Gasteiger charge is 2.48. The lowest BCUT2D eigenvalue weighted by Gasteiger charge is -2.41. The number of nitrogens with zero attached hydrogens (tertiary/aromatic N) is 1. The maximum Gasteiger partial charge on any atom is 0.160 e. The van der Waals surface area contributed by atoms with E-state index in [9.17, 15) is 15.0 Å². The van der Waals surface area contributed by atoms with Gasteiger partial charge in [-0.1, -0.05) is 6.07 Å². The largest absolute Gasteiger partial charge is 0.504 e. The number of aryl methyl sites for hydroxylation is 1. The van der Waals surface area contributed by atoms with E-state index in [2.05, 4.69) is 10.2 Å². The van der Waals surface area contributed by atoms with E-state index in [4.69, 9.17) is 4.74 Å². The molecule has 3 rings (SSSR count). The van der Waals surface area contributed by atoms with Crippen LogP contribution in [0.1, 0.15) is 42.3 Å². The van der Waals surface area contributed by atoms with Gasteiger partial charge >= 0.3 is 0 Å². The van der Waals surface area contributed by atoms with E-state index in [1.807, 2.05) is 6.92 Å². The summed E-state index contributed by atoms with van der Waals surface area (Å²) in [6.45, 7) is 5.09. The number of ether oxygens (including phenoxy) is 1. The lowest BCUT2D eigenvalue weighted by Crippen LogP contribution is -2.48. The topological polar surface area (TPSA) is 95.4 Å². The van der Waals surface area contributed by atoms with Crippen LogP contribution in [0.25, 0.3) is 0 Å². The van der Waals surface area contributed by atoms with Crippen LogP contribution in [-0.4, -0.2) is 38.9 Å². The third-order valence-electron chi connectivity index (χ3n) is 4.91. The molecule has 0 saturated carbocycles. The van der Waals surface area contributed by atoms with Gasteiger partial charge in [0, 0.05) is 23.6 Å². The third kappa shape index (κ3) is 2.47. The highest BCUT2D eigenvalue weighted by atomic mass is 16.5. The van der Waals surface area contributed by atoms with E-state index in [-0.39, 0.29) is 17.5 Å². The summed E-state index contributed by atoms with van der Waals surface area (Å²) in [5.41, 5.74) is 2.19. The second-order valence-corrected chi connectivity index (χ2v) is 6.74. The van der Waals surface area contributed by atoms with Crippen molar-refractivity contribution < 1.29 is 19.7 Å². The first-order chi connectivity index (χ1) is 11.3. The molecular weight excluding hydrogens is 308 g/mol. The molecule has 1 aromatic carbocycles. The van der Waals surface area contributed by atoms with Crippen LogP contribution in [0.5, 0.6) is 11.5 Å². The molecule has 0 aliphatic heterocycles. The van der Waals surface area contributed by atoms with Gasteiger partial charge in [-0.3, -0.25) is 9.89 Å². The van der Waals surface area contributed by atoms with Crippen molar-refractivity contribution in [1.29, 1.82) is 0 Å². The van der Waals surface area contributed by atoms with Crippen LogP contribution >= 0.6 is 0 Å². The van der Waals surface area contributed by atoms with Crippen molar-refractivity contribution >= 4 is 5.78 Å². The molecule has 1 aliphatic carbocycles. The van der Waals surface area contributed by atoms with Crippen LogP contribution in [0.2, 0.25) is 0 Å². The van der Waals surface area contributed by atoms with Gasteiger partial charge in [0.05, 0.1) is 24.3 Å². The van der Waals surface area contributed by atoms with Crippen LogP contribution in [0.15, 0.2) is 18.2 Å². The highest BCUT2D eigenvalue weighted by Crippen LogP contribution is 2.47. The molecule has 0 saturated heterocycles. The molecule has 0 amide bonds. The number of rotatable bonds is 3. The van der Waals surface area contributed by atoms with E-state index >= 15 is 0 Å². The zero-order chi connectivity index (χ0) is 17.6. The Hall–Kier alpha value is -2.34. The molecule has 1 heterocycles. The summed E-state index contributed by atoms with van der Waals surface area (Å²) < 4.78 is 5.20. The number of H-pyrrole nitrogens is 1. The molecule has 0 unspecified atom stereocenters. The SMILES string of the molecule is COc1cc([C@H]2c3c(n[nH]c3C)C[C@](C)(O)[C@H]2C(C)=O)ccc1O. The number of Topliss-reactive ketones (excluding diaryl/α,β-unsaturated/α-hetero) is 1. The normalized spacial score (nSPS) is 26.0. The van der Waals surface area contributed by atoms with Crippen LogP contribution in [0.4, 0.5) is 0 Å². The van der Waals surface area contributed by atoms with Crippen LogP contribution < -0.4 is 4.74 Å². The number of carbonyl (C=O) groups is 1. The number of fused-ring (bicyclic) bond motifs is 1. The number of aromatic amines is 1.